The van der Waals surface area contributed by atoms with E-state index in [0.717, 1.165) is 43.6 Å². The zero-order chi connectivity index (χ0) is 20.6. The summed E-state index contributed by atoms with van der Waals surface area (Å²) < 4.78 is 11.1. The van der Waals surface area contributed by atoms with Crippen molar-refractivity contribution in [3.8, 4) is 22.9 Å². The van der Waals surface area contributed by atoms with E-state index in [1.165, 1.54) is 22.1 Å². The number of nitrogens with zero attached hydrogens (tertiary/aromatic N) is 1. The summed E-state index contributed by atoms with van der Waals surface area (Å²) in [7, 11) is 6.13. The van der Waals surface area contributed by atoms with Crippen molar-refractivity contribution >= 4 is 21.3 Å². The van der Waals surface area contributed by atoms with Crippen LogP contribution in [0.2, 0.25) is 0 Å². The molecule has 2 aliphatic rings. The minimum absolute atomic E-state index is 0.162. The first-order chi connectivity index (χ1) is 14.0. The van der Waals surface area contributed by atoms with Crippen LogP contribution in [0.4, 0.5) is 0 Å². The van der Waals surface area contributed by atoms with Gasteiger partial charge in [0.2, 0.25) is 0 Å². The lowest BCUT2D eigenvalue weighted by Crippen LogP contribution is -2.33. The highest BCUT2D eigenvalue weighted by molar-refractivity contribution is 6.51. The van der Waals surface area contributed by atoms with Crippen molar-refractivity contribution < 1.29 is 9.47 Å². The van der Waals surface area contributed by atoms with E-state index < -0.39 is 0 Å². The van der Waals surface area contributed by atoms with Gasteiger partial charge in [-0.2, -0.15) is 5.26 Å². The summed E-state index contributed by atoms with van der Waals surface area (Å²) in [6.07, 6.45) is 3.36. The molecule has 1 unspecified atom stereocenters. The Morgan fingerprint density at radius 1 is 1.14 bits per heavy atom. The first kappa shape index (κ1) is 19.9. The lowest BCUT2D eigenvalue weighted by Gasteiger charge is -2.39. The van der Waals surface area contributed by atoms with E-state index in [9.17, 15) is 5.26 Å². The molecule has 0 spiro atoms. The Labute approximate surface area is 175 Å². The molecular formula is C24H27B2NO2. The quantitative estimate of drug-likeness (QED) is 0.765. The number of hydrogen-bond acceptors (Lipinski definition) is 3. The van der Waals surface area contributed by atoms with Gasteiger partial charge in [-0.25, -0.2) is 0 Å². The number of hydrogen-bond donors (Lipinski definition) is 0. The number of allylic oxidation sites excluding steroid dienone is 1. The summed E-state index contributed by atoms with van der Waals surface area (Å²) in [5.74, 6) is 1.37. The van der Waals surface area contributed by atoms with E-state index in [2.05, 4.69) is 46.9 Å². The van der Waals surface area contributed by atoms with E-state index >= 15 is 0 Å². The van der Waals surface area contributed by atoms with Crippen LogP contribution in [0.15, 0.2) is 41.8 Å². The molecule has 0 saturated carbocycles. The van der Waals surface area contributed by atoms with Gasteiger partial charge in [0.1, 0.15) is 21.4 Å². The van der Waals surface area contributed by atoms with Crippen LogP contribution < -0.4 is 4.74 Å². The van der Waals surface area contributed by atoms with Crippen molar-refractivity contribution in [3.05, 3.63) is 58.5 Å². The van der Waals surface area contributed by atoms with Gasteiger partial charge >= 0.3 is 0 Å². The normalized spacial score (nSPS) is 21.5. The monoisotopic (exact) mass is 383 g/mol. The van der Waals surface area contributed by atoms with Gasteiger partial charge in [-0.1, -0.05) is 24.6 Å². The molecule has 5 heteroatoms. The Kier molecular flexibility index (Phi) is 5.32. The zero-order valence-corrected chi connectivity index (χ0v) is 17.8. The van der Waals surface area contributed by atoms with E-state index in [0.29, 0.717) is 17.2 Å². The van der Waals surface area contributed by atoms with Crippen molar-refractivity contribution in [2.24, 2.45) is 11.3 Å². The van der Waals surface area contributed by atoms with Gasteiger partial charge in [-0.05, 0) is 77.1 Å². The second-order valence-electron chi connectivity index (χ2n) is 8.79. The van der Waals surface area contributed by atoms with E-state index in [1.807, 2.05) is 12.1 Å². The number of nitriles is 1. The van der Waals surface area contributed by atoms with Crippen molar-refractivity contribution in [3.63, 3.8) is 0 Å². The molecule has 1 heterocycles. The highest BCUT2D eigenvalue weighted by Gasteiger charge is 2.44. The Bertz CT molecular complexity index is 1010. The van der Waals surface area contributed by atoms with Gasteiger partial charge in [0.15, 0.2) is 0 Å². The fourth-order valence-corrected chi connectivity index (χ4v) is 5.41. The average molecular weight is 383 g/mol. The summed E-state index contributed by atoms with van der Waals surface area (Å²) >= 11 is 0. The maximum absolute atomic E-state index is 9.39. The second kappa shape index (κ2) is 7.76. The Morgan fingerprint density at radius 3 is 2.55 bits per heavy atom. The molecule has 1 aliphatic carbocycles. The molecule has 0 amide bonds. The molecule has 29 heavy (non-hydrogen) atoms. The highest BCUT2D eigenvalue weighted by Crippen LogP contribution is 2.54. The molecule has 0 aromatic heterocycles. The van der Waals surface area contributed by atoms with Crippen LogP contribution in [0.1, 0.15) is 36.5 Å². The highest BCUT2D eigenvalue weighted by atomic mass is 16.5. The molecule has 1 aliphatic heterocycles. The molecule has 0 N–H and O–H groups in total. The Balaban J connectivity index is 1.80. The first-order valence-corrected chi connectivity index (χ1v) is 10.4. The van der Waals surface area contributed by atoms with Gasteiger partial charge in [0, 0.05) is 13.2 Å². The van der Waals surface area contributed by atoms with E-state index in [1.54, 1.807) is 13.2 Å². The molecule has 2 aromatic rings. The van der Waals surface area contributed by atoms with Crippen molar-refractivity contribution in [2.75, 3.05) is 20.3 Å². The Morgan fingerprint density at radius 2 is 1.90 bits per heavy atom. The van der Waals surface area contributed by atoms with Crippen LogP contribution in [0.3, 0.4) is 0 Å². The van der Waals surface area contributed by atoms with Crippen molar-refractivity contribution in [1.82, 2.24) is 0 Å². The molecular weight excluding hydrogens is 356 g/mol. The van der Waals surface area contributed by atoms with Gasteiger partial charge in [0.05, 0.1) is 18.7 Å². The molecule has 0 radical (unpaired) electrons. The minimum Gasteiger partial charge on any atom is -0.497 e. The standard InChI is InChI=1S/C24H27B2NO2/c1-24(19-5-7-29-8-6-19)13-17-4-3-16(12-21(17)22(24)23(25)26)18-9-15(14-27)10-20(11-18)28-2/h3-4,9-12,19H,5-8,13,25-26H2,1-2H3. The van der Waals surface area contributed by atoms with Crippen LogP contribution in [0.5, 0.6) is 5.75 Å². The van der Waals surface area contributed by atoms with Crippen molar-refractivity contribution in [1.29, 1.82) is 5.26 Å². The molecule has 4 rings (SSSR count). The van der Waals surface area contributed by atoms with Gasteiger partial charge in [-0.3, -0.25) is 0 Å². The largest absolute Gasteiger partial charge is 0.497 e. The second-order valence-corrected chi connectivity index (χ2v) is 8.79. The van der Waals surface area contributed by atoms with Crippen LogP contribution in [-0.2, 0) is 11.2 Å². The topological polar surface area (TPSA) is 42.2 Å². The maximum atomic E-state index is 9.39. The van der Waals surface area contributed by atoms with Gasteiger partial charge in [0.25, 0.3) is 0 Å². The van der Waals surface area contributed by atoms with Crippen molar-refractivity contribution in [2.45, 2.75) is 26.2 Å². The Hall–Kier alpha value is -2.44. The average Bonchev–Trinajstić information content (AvgIpc) is 3.06. The number of benzene rings is 2. The lowest BCUT2D eigenvalue weighted by atomic mass is 9.62. The SMILES string of the molecule is BC(B)=C1c2cc(-c3cc(C#N)cc(OC)c3)ccc2CC1(C)C1CCOCC1. The molecule has 1 atom stereocenters. The van der Waals surface area contributed by atoms with E-state index in [-0.39, 0.29) is 5.41 Å². The summed E-state index contributed by atoms with van der Waals surface area (Å²) in [6.45, 7) is 4.20. The number of fused-ring (bicyclic) bond motifs is 1. The summed E-state index contributed by atoms with van der Waals surface area (Å²) in [4.78, 5) is 0. The number of methoxy groups -OCH3 is 1. The summed E-state index contributed by atoms with van der Waals surface area (Å²) in [5.41, 5.74) is 7.25. The third-order valence-electron chi connectivity index (χ3n) is 6.74. The molecule has 0 bridgehead atoms. The fraction of sp³-hybridized carbons (Fsp3) is 0.375. The third-order valence-corrected chi connectivity index (χ3v) is 6.74. The van der Waals surface area contributed by atoms with Gasteiger partial charge < -0.3 is 9.47 Å². The molecule has 3 nitrogen and oxygen atoms in total. The van der Waals surface area contributed by atoms with Gasteiger partial charge in [-0.15, -0.1) is 5.37 Å². The first-order valence-electron chi connectivity index (χ1n) is 10.4. The molecule has 146 valence electrons. The van der Waals surface area contributed by atoms with Crippen LogP contribution in [0.25, 0.3) is 16.7 Å². The molecule has 1 fully saturated rings. The molecule has 1 saturated heterocycles. The predicted octanol–water partition coefficient (Wildman–Crippen LogP) is 3.16. The summed E-state index contributed by atoms with van der Waals surface area (Å²) in [6, 6.07) is 14.8. The minimum atomic E-state index is 0.162. The van der Waals surface area contributed by atoms with Crippen LogP contribution in [0, 0.1) is 22.7 Å². The number of rotatable bonds is 3. The van der Waals surface area contributed by atoms with Crippen LogP contribution >= 0.6 is 0 Å². The zero-order valence-electron chi connectivity index (χ0n) is 17.8. The third kappa shape index (κ3) is 3.51. The maximum Gasteiger partial charge on any atom is 0.122 e. The number of ether oxygens (including phenoxy) is 2. The fourth-order valence-electron chi connectivity index (χ4n) is 5.41. The summed E-state index contributed by atoms with van der Waals surface area (Å²) in [5, 5.41) is 10.8. The van der Waals surface area contributed by atoms with E-state index in [4.69, 9.17) is 9.47 Å². The predicted molar refractivity (Wildman–Crippen MR) is 123 cm³/mol. The molecule has 2 aromatic carbocycles. The smallest absolute Gasteiger partial charge is 0.122 e. The van der Waals surface area contributed by atoms with Crippen LogP contribution in [-0.4, -0.2) is 36.0 Å². The lowest BCUT2D eigenvalue weighted by molar-refractivity contribution is 0.0360.